The topological polar surface area (TPSA) is 54.0 Å². The van der Waals surface area contributed by atoms with Crippen LogP contribution in [0.25, 0.3) is 0 Å². The minimum Gasteiger partial charge on any atom is -0.464 e. The first kappa shape index (κ1) is 16.4. The number of hydrogen-bond acceptors (Lipinski definition) is 5. The zero-order chi connectivity index (χ0) is 12.9. The largest absolute Gasteiger partial charge is 0.464 e. The first-order valence-electron chi connectivity index (χ1n) is 6.11. The van der Waals surface area contributed by atoms with Crippen LogP contribution in [0, 0.1) is 0 Å². The van der Waals surface area contributed by atoms with E-state index in [0.29, 0.717) is 39.5 Å². The predicted molar refractivity (Wildman–Crippen MR) is 64.0 cm³/mol. The molecule has 0 saturated heterocycles. The molecule has 0 aromatic heterocycles. The summed E-state index contributed by atoms with van der Waals surface area (Å²) in [5.41, 5.74) is 0. The number of carbonyl (C=O) groups excluding carboxylic acids is 1. The molecule has 1 unspecified atom stereocenters. The van der Waals surface area contributed by atoms with Crippen molar-refractivity contribution < 1.29 is 23.7 Å². The highest BCUT2D eigenvalue weighted by Gasteiger charge is 2.17. The van der Waals surface area contributed by atoms with Crippen LogP contribution in [0.5, 0.6) is 0 Å². The second-order valence-electron chi connectivity index (χ2n) is 3.48. The van der Waals surface area contributed by atoms with E-state index in [2.05, 4.69) is 0 Å². The lowest BCUT2D eigenvalue weighted by Gasteiger charge is -2.14. The maximum absolute atomic E-state index is 11.4. The summed E-state index contributed by atoms with van der Waals surface area (Å²) in [6, 6.07) is 0. The van der Waals surface area contributed by atoms with Gasteiger partial charge in [0.25, 0.3) is 0 Å². The fourth-order valence-corrected chi connectivity index (χ4v) is 1.22. The van der Waals surface area contributed by atoms with Crippen molar-refractivity contribution >= 4 is 5.97 Å². The van der Waals surface area contributed by atoms with Crippen LogP contribution in [-0.2, 0) is 23.7 Å². The molecule has 5 nitrogen and oxygen atoms in total. The quantitative estimate of drug-likeness (QED) is 0.408. The van der Waals surface area contributed by atoms with Crippen LogP contribution in [0.4, 0.5) is 0 Å². The second-order valence-corrected chi connectivity index (χ2v) is 3.48. The van der Waals surface area contributed by atoms with Gasteiger partial charge < -0.3 is 18.9 Å². The molecule has 0 heterocycles. The van der Waals surface area contributed by atoms with E-state index in [1.165, 1.54) is 0 Å². The van der Waals surface area contributed by atoms with Crippen molar-refractivity contribution in [1.29, 1.82) is 0 Å². The molecule has 0 aromatic carbocycles. The van der Waals surface area contributed by atoms with E-state index in [4.69, 9.17) is 18.9 Å². The van der Waals surface area contributed by atoms with Crippen molar-refractivity contribution in [2.24, 2.45) is 0 Å². The Kier molecular flexibility index (Phi) is 11.4. The van der Waals surface area contributed by atoms with E-state index in [1.807, 2.05) is 6.92 Å². The van der Waals surface area contributed by atoms with Crippen LogP contribution in [0.1, 0.15) is 26.7 Å². The number of esters is 1. The Bertz CT molecular complexity index is 184. The molecule has 0 radical (unpaired) electrons. The first-order valence-corrected chi connectivity index (χ1v) is 6.11. The van der Waals surface area contributed by atoms with Crippen LogP contribution >= 0.6 is 0 Å². The SMILES string of the molecule is CCOC(=O)C(CC)OCCCOCCOC. The highest BCUT2D eigenvalue weighted by Crippen LogP contribution is 2.02. The van der Waals surface area contributed by atoms with Gasteiger partial charge in [0, 0.05) is 20.3 Å². The van der Waals surface area contributed by atoms with Crippen molar-refractivity contribution in [3.8, 4) is 0 Å². The summed E-state index contributed by atoms with van der Waals surface area (Å²) in [5, 5.41) is 0. The Balaban J connectivity index is 3.46. The van der Waals surface area contributed by atoms with Crippen LogP contribution < -0.4 is 0 Å². The Labute approximate surface area is 103 Å². The summed E-state index contributed by atoms with van der Waals surface area (Å²) in [4.78, 5) is 11.4. The van der Waals surface area contributed by atoms with Gasteiger partial charge in [-0.05, 0) is 19.8 Å². The van der Waals surface area contributed by atoms with E-state index in [0.717, 1.165) is 6.42 Å². The van der Waals surface area contributed by atoms with Crippen LogP contribution in [0.3, 0.4) is 0 Å². The molecule has 102 valence electrons. The van der Waals surface area contributed by atoms with Gasteiger partial charge in [0.15, 0.2) is 6.10 Å². The molecular formula is C12H24O5. The van der Waals surface area contributed by atoms with Crippen molar-refractivity contribution in [2.45, 2.75) is 32.8 Å². The van der Waals surface area contributed by atoms with Crippen molar-refractivity contribution in [3.05, 3.63) is 0 Å². The van der Waals surface area contributed by atoms with Gasteiger partial charge >= 0.3 is 5.97 Å². The summed E-state index contributed by atoms with van der Waals surface area (Å²) < 4.78 is 20.4. The zero-order valence-corrected chi connectivity index (χ0v) is 11.1. The smallest absolute Gasteiger partial charge is 0.335 e. The lowest BCUT2D eigenvalue weighted by Crippen LogP contribution is -2.26. The third-order valence-electron chi connectivity index (χ3n) is 2.10. The van der Waals surface area contributed by atoms with Gasteiger partial charge in [0.2, 0.25) is 0 Å². The molecule has 1 atom stereocenters. The molecule has 5 heteroatoms. The molecule has 0 aromatic rings. The molecule has 0 bridgehead atoms. The van der Waals surface area contributed by atoms with Crippen molar-refractivity contribution in [1.82, 2.24) is 0 Å². The summed E-state index contributed by atoms with van der Waals surface area (Å²) in [7, 11) is 1.64. The Morgan fingerprint density at radius 2 is 1.88 bits per heavy atom. The number of methoxy groups -OCH3 is 1. The zero-order valence-electron chi connectivity index (χ0n) is 11.1. The summed E-state index contributed by atoms with van der Waals surface area (Å²) >= 11 is 0. The van der Waals surface area contributed by atoms with Crippen molar-refractivity contribution in [3.63, 3.8) is 0 Å². The fraction of sp³-hybridized carbons (Fsp3) is 0.917. The Hall–Kier alpha value is -0.650. The van der Waals surface area contributed by atoms with Gasteiger partial charge in [-0.15, -0.1) is 0 Å². The van der Waals surface area contributed by atoms with Crippen molar-refractivity contribution in [2.75, 3.05) is 40.1 Å². The third-order valence-corrected chi connectivity index (χ3v) is 2.10. The molecule has 0 amide bonds. The Morgan fingerprint density at radius 3 is 2.47 bits per heavy atom. The second kappa shape index (κ2) is 11.8. The molecule has 17 heavy (non-hydrogen) atoms. The van der Waals surface area contributed by atoms with Gasteiger partial charge in [-0.3, -0.25) is 0 Å². The normalized spacial score (nSPS) is 12.4. The molecule has 0 aliphatic heterocycles. The van der Waals surface area contributed by atoms with E-state index < -0.39 is 6.10 Å². The average Bonchev–Trinajstić information content (AvgIpc) is 2.33. The van der Waals surface area contributed by atoms with E-state index >= 15 is 0 Å². The molecule has 0 saturated carbocycles. The molecule has 0 N–H and O–H groups in total. The average molecular weight is 248 g/mol. The van der Waals surface area contributed by atoms with Gasteiger partial charge in [-0.2, -0.15) is 0 Å². The lowest BCUT2D eigenvalue weighted by atomic mass is 10.3. The first-order chi connectivity index (χ1) is 8.26. The van der Waals surface area contributed by atoms with E-state index in [9.17, 15) is 4.79 Å². The molecular weight excluding hydrogens is 224 g/mol. The highest BCUT2D eigenvalue weighted by molar-refractivity contribution is 5.74. The van der Waals surface area contributed by atoms with Gasteiger partial charge in [-0.1, -0.05) is 6.92 Å². The van der Waals surface area contributed by atoms with E-state index in [-0.39, 0.29) is 5.97 Å². The monoisotopic (exact) mass is 248 g/mol. The number of ether oxygens (including phenoxy) is 4. The van der Waals surface area contributed by atoms with Gasteiger partial charge in [0.1, 0.15) is 0 Å². The van der Waals surface area contributed by atoms with Crippen LogP contribution in [-0.4, -0.2) is 52.2 Å². The molecule has 0 spiro atoms. The highest BCUT2D eigenvalue weighted by atomic mass is 16.6. The minimum absolute atomic E-state index is 0.282. The maximum atomic E-state index is 11.4. The summed E-state index contributed by atoms with van der Waals surface area (Å²) in [6.45, 7) is 6.38. The summed E-state index contributed by atoms with van der Waals surface area (Å²) in [5.74, 6) is -0.282. The molecule has 0 aliphatic rings. The van der Waals surface area contributed by atoms with E-state index in [1.54, 1.807) is 14.0 Å². The molecule has 0 fully saturated rings. The fourth-order valence-electron chi connectivity index (χ4n) is 1.22. The lowest BCUT2D eigenvalue weighted by molar-refractivity contribution is -0.157. The third kappa shape index (κ3) is 9.09. The maximum Gasteiger partial charge on any atom is 0.335 e. The number of carbonyl (C=O) groups is 1. The Morgan fingerprint density at radius 1 is 1.12 bits per heavy atom. The number of hydrogen-bond donors (Lipinski definition) is 0. The predicted octanol–water partition coefficient (Wildman–Crippen LogP) is 1.40. The minimum atomic E-state index is -0.450. The van der Waals surface area contributed by atoms with Crippen LogP contribution in [0.2, 0.25) is 0 Å². The van der Waals surface area contributed by atoms with Gasteiger partial charge in [0.05, 0.1) is 19.8 Å². The van der Waals surface area contributed by atoms with Crippen LogP contribution in [0.15, 0.2) is 0 Å². The molecule has 0 aliphatic carbocycles. The standard InChI is InChI=1S/C12H24O5/c1-4-11(12(13)16-5-2)17-8-6-7-15-10-9-14-3/h11H,4-10H2,1-3H3. The summed E-state index contributed by atoms with van der Waals surface area (Å²) in [6.07, 6.45) is 0.942. The van der Waals surface area contributed by atoms with Gasteiger partial charge in [-0.25, -0.2) is 4.79 Å². The number of rotatable bonds is 11. The molecule has 0 rings (SSSR count).